The molecule has 0 saturated heterocycles. The van der Waals surface area contributed by atoms with Crippen LogP contribution in [0.3, 0.4) is 0 Å². The van der Waals surface area contributed by atoms with E-state index in [0.717, 1.165) is 0 Å². The molecule has 1 aromatic carbocycles. The summed E-state index contributed by atoms with van der Waals surface area (Å²) in [6, 6.07) is 1.68. The SMILES string of the molecule is COC(=O)c1c(C)cc2cnnc(C(O)C(=O)O)c2c1C. The van der Waals surface area contributed by atoms with Crippen molar-refractivity contribution in [3.8, 4) is 0 Å². The fraction of sp³-hybridized carbons (Fsp3) is 0.286. The molecule has 2 rings (SSSR count). The highest BCUT2D eigenvalue weighted by atomic mass is 16.5. The number of nitrogens with zero attached hydrogens (tertiary/aromatic N) is 2. The normalized spacial score (nSPS) is 12.2. The average molecular weight is 290 g/mol. The maximum atomic E-state index is 11.9. The smallest absolute Gasteiger partial charge is 0.338 e. The van der Waals surface area contributed by atoms with Crippen LogP contribution in [-0.4, -0.2) is 39.5 Å². The minimum absolute atomic E-state index is 0.0948. The number of hydrogen-bond donors (Lipinski definition) is 2. The van der Waals surface area contributed by atoms with E-state index in [4.69, 9.17) is 9.84 Å². The van der Waals surface area contributed by atoms with E-state index in [1.165, 1.54) is 13.3 Å². The van der Waals surface area contributed by atoms with Gasteiger partial charge in [-0.2, -0.15) is 10.2 Å². The fourth-order valence-electron chi connectivity index (χ4n) is 2.38. The summed E-state index contributed by atoms with van der Waals surface area (Å²) in [6.07, 6.45) is -0.359. The monoisotopic (exact) mass is 290 g/mol. The van der Waals surface area contributed by atoms with Gasteiger partial charge in [-0.3, -0.25) is 0 Å². The zero-order chi connectivity index (χ0) is 15.7. The molecule has 21 heavy (non-hydrogen) atoms. The number of fused-ring (bicyclic) bond motifs is 1. The predicted octanol–water partition coefficient (Wildman–Crippen LogP) is 1.15. The largest absolute Gasteiger partial charge is 0.479 e. The lowest BCUT2D eigenvalue weighted by Crippen LogP contribution is -2.15. The number of rotatable bonds is 3. The molecule has 0 radical (unpaired) electrons. The van der Waals surface area contributed by atoms with Crippen LogP contribution in [0.5, 0.6) is 0 Å². The van der Waals surface area contributed by atoms with Crippen molar-refractivity contribution in [2.75, 3.05) is 7.11 Å². The number of carboxylic acid groups (broad SMARTS) is 1. The van der Waals surface area contributed by atoms with Gasteiger partial charge in [-0.25, -0.2) is 9.59 Å². The number of aliphatic carboxylic acids is 1. The van der Waals surface area contributed by atoms with Gasteiger partial charge in [0.05, 0.1) is 18.9 Å². The molecule has 0 aliphatic carbocycles. The summed E-state index contributed by atoms with van der Waals surface area (Å²) in [7, 11) is 1.27. The van der Waals surface area contributed by atoms with Crippen LogP contribution in [0.25, 0.3) is 10.8 Å². The summed E-state index contributed by atoms with van der Waals surface area (Å²) in [5, 5.41) is 27.1. The number of aliphatic hydroxyl groups is 1. The van der Waals surface area contributed by atoms with Crippen molar-refractivity contribution in [2.45, 2.75) is 20.0 Å². The molecule has 1 aromatic heterocycles. The molecule has 0 saturated carbocycles. The first kappa shape index (κ1) is 14.9. The summed E-state index contributed by atoms with van der Waals surface area (Å²) in [5.41, 5.74) is 1.41. The van der Waals surface area contributed by atoms with Crippen molar-refractivity contribution in [3.05, 3.63) is 34.6 Å². The summed E-state index contributed by atoms with van der Waals surface area (Å²) in [4.78, 5) is 22.9. The van der Waals surface area contributed by atoms with Crippen molar-refractivity contribution < 1.29 is 24.5 Å². The summed E-state index contributed by atoms with van der Waals surface area (Å²) >= 11 is 0. The van der Waals surface area contributed by atoms with Crippen LogP contribution in [0.15, 0.2) is 12.3 Å². The molecule has 7 heteroatoms. The average Bonchev–Trinajstić information content (AvgIpc) is 2.45. The predicted molar refractivity (Wildman–Crippen MR) is 72.9 cm³/mol. The van der Waals surface area contributed by atoms with E-state index < -0.39 is 18.0 Å². The number of ether oxygens (including phenoxy) is 1. The Hall–Kier alpha value is -2.54. The third-order valence-corrected chi connectivity index (χ3v) is 3.31. The van der Waals surface area contributed by atoms with Gasteiger partial charge in [0.15, 0.2) is 6.10 Å². The zero-order valence-corrected chi connectivity index (χ0v) is 11.7. The van der Waals surface area contributed by atoms with Gasteiger partial charge in [-0.1, -0.05) is 0 Å². The first-order chi connectivity index (χ1) is 9.88. The fourth-order valence-corrected chi connectivity index (χ4v) is 2.38. The first-order valence-electron chi connectivity index (χ1n) is 6.13. The number of carbonyl (C=O) groups is 2. The summed E-state index contributed by atoms with van der Waals surface area (Å²) < 4.78 is 4.74. The van der Waals surface area contributed by atoms with E-state index >= 15 is 0 Å². The molecular weight excluding hydrogens is 276 g/mol. The van der Waals surface area contributed by atoms with Gasteiger partial charge >= 0.3 is 11.9 Å². The number of aryl methyl sites for hydroxylation is 2. The molecule has 1 atom stereocenters. The van der Waals surface area contributed by atoms with E-state index in [1.54, 1.807) is 19.9 Å². The molecule has 110 valence electrons. The van der Waals surface area contributed by atoms with Gasteiger partial charge < -0.3 is 14.9 Å². The van der Waals surface area contributed by atoms with Crippen LogP contribution in [0.2, 0.25) is 0 Å². The number of aromatic nitrogens is 2. The maximum absolute atomic E-state index is 11.9. The van der Waals surface area contributed by atoms with Gasteiger partial charge in [0.25, 0.3) is 0 Å². The minimum atomic E-state index is -1.81. The van der Waals surface area contributed by atoms with Crippen LogP contribution in [0.4, 0.5) is 0 Å². The number of esters is 1. The lowest BCUT2D eigenvalue weighted by atomic mass is 9.94. The molecule has 0 spiro atoms. The molecule has 1 heterocycles. The van der Waals surface area contributed by atoms with Gasteiger partial charge in [-0.05, 0) is 31.0 Å². The summed E-state index contributed by atoms with van der Waals surface area (Å²) in [6.45, 7) is 3.40. The molecule has 2 N–H and O–H groups in total. The maximum Gasteiger partial charge on any atom is 0.338 e. The van der Waals surface area contributed by atoms with Crippen LogP contribution in [0.1, 0.15) is 33.3 Å². The Kier molecular flexibility index (Phi) is 3.86. The van der Waals surface area contributed by atoms with Gasteiger partial charge in [0.1, 0.15) is 5.69 Å². The molecule has 0 amide bonds. The Labute approximate surface area is 120 Å². The molecule has 0 fully saturated rings. The first-order valence-corrected chi connectivity index (χ1v) is 6.13. The molecule has 1 unspecified atom stereocenters. The molecule has 7 nitrogen and oxygen atoms in total. The number of hydrogen-bond acceptors (Lipinski definition) is 6. The Morgan fingerprint density at radius 2 is 2.00 bits per heavy atom. The quantitative estimate of drug-likeness (QED) is 0.816. The van der Waals surface area contributed by atoms with E-state index in [1.807, 2.05) is 0 Å². The highest BCUT2D eigenvalue weighted by molar-refractivity contribution is 6.01. The second-order valence-corrected chi connectivity index (χ2v) is 4.62. The molecular formula is C14H14N2O5. The standard InChI is InChI=1S/C14H14N2O5/c1-6-4-8-5-15-16-11(12(17)13(18)19)10(8)7(2)9(6)14(20)21-3/h4-5,12,17H,1-3H3,(H,18,19). The number of carbonyl (C=O) groups excluding carboxylic acids is 1. The van der Waals surface area contributed by atoms with Gasteiger partial charge in [-0.15, -0.1) is 0 Å². The zero-order valence-electron chi connectivity index (χ0n) is 11.7. The van der Waals surface area contributed by atoms with Gasteiger partial charge in [0.2, 0.25) is 0 Å². The third-order valence-electron chi connectivity index (χ3n) is 3.31. The second-order valence-electron chi connectivity index (χ2n) is 4.62. The molecule has 2 aromatic rings. The van der Waals surface area contributed by atoms with Crippen molar-refractivity contribution in [3.63, 3.8) is 0 Å². The van der Waals surface area contributed by atoms with Crippen molar-refractivity contribution in [2.24, 2.45) is 0 Å². The number of carboxylic acids is 1. The van der Waals surface area contributed by atoms with E-state index in [0.29, 0.717) is 27.5 Å². The van der Waals surface area contributed by atoms with E-state index in [9.17, 15) is 14.7 Å². The van der Waals surface area contributed by atoms with Crippen LogP contribution in [0, 0.1) is 13.8 Å². The topological polar surface area (TPSA) is 110 Å². The minimum Gasteiger partial charge on any atom is -0.479 e. The Morgan fingerprint density at radius 3 is 2.57 bits per heavy atom. The molecule has 0 bridgehead atoms. The highest BCUT2D eigenvalue weighted by Crippen LogP contribution is 2.29. The number of methoxy groups -OCH3 is 1. The Morgan fingerprint density at radius 1 is 1.33 bits per heavy atom. The second kappa shape index (κ2) is 5.45. The van der Waals surface area contributed by atoms with Gasteiger partial charge in [0, 0.05) is 10.8 Å². The number of benzene rings is 1. The van der Waals surface area contributed by atoms with E-state index in [-0.39, 0.29) is 5.69 Å². The van der Waals surface area contributed by atoms with Crippen LogP contribution < -0.4 is 0 Å². The third kappa shape index (κ3) is 2.43. The van der Waals surface area contributed by atoms with Crippen molar-refractivity contribution >= 4 is 22.7 Å². The van der Waals surface area contributed by atoms with Crippen molar-refractivity contribution in [1.82, 2.24) is 10.2 Å². The molecule has 0 aliphatic rings. The van der Waals surface area contributed by atoms with Crippen LogP contribution >= 0.6 is 0 Å². The Balaban J connectivity index is 2.86. The lowest BCUT2D eigenvalue weighted by Gasteiger charge is -2.14. The molecule has 0 aliphatic heterocycles. The van der Waals surface area contributed by atoms with E-state index in [2.05, 4.69) is 10.2 Å². The highest BCUT2D eigenvalue weighted by Gasteiger charge is 2.25. The van der Waals surface area contributed by atoms with Crippen LogP contribution in [-0.2, 0) is 9.53 Å². The van der Waals surface area contributed by atoms with Crippen molar-refractivity contribution in [1.29, 1.82) is 0 Å². The Bertz CT molecular complexity index is 742. The lowest BCUT2D eigenvalue weighted by molar-refractivity contribution is -0.147. The number of aliphatic hydroxyl groups excluding tert-OH is 1. The summed E-state index contributed by atoms with van der Waals surface area (Å²) in [5.74, 6) is -1.96.